The van der Waals surface area contributed by atoms with E-state index in [4.69, 9.17) is 0 Å². The maximum absolute atomic E-state index is 12.8. The van der Waals surface area contributed by atoms with Gasteiger partial charge in [-0.2, -0.15) is 0 Å². The van der Waals surface area contributed by atoms with E-state index in [1.54, 1.807) is 7.05 Å². The molecule has 0 spiro atoms. The van der Waals surface area contributed by atoms with E-state index >= 15 is 0 Å². The highest BCUT2D eigenvalue weighted by Gasteiger charge is 2.11. The van der Waals surface area contributed by atoms with Crippen LogP contribution in [0.5, 0.6) is 0 Å². The molecule has 0 unspecified atom stereocenters. The SMILES string of the molecule is CNCCCS(=O)(=O)Nc1ccc(F)c(F)c1. The third-order valence-electron chi connectivity index (χ3n) is 2.03. The number of hydrogen-bond acceptors (Lipinski definition) is 3. The van der Waals surface area contributed by atoms with E-state index in [-0.39, 0.29) is 11.4 Å². The van der Waals surface area contributed by atoms with Gasteiger partial charge in [-0.15, -0.1) is 0 Å². The summed E-state index contributed by atoms with van der Waals surface area (Å²) in [6.45, 7) is 0.568. The van der Waals surface area contributed by atoms with Gasteiger partial charge in [0, 0.05) is 6.07 Å². The minimum absolute atomic E-state index is 0.0216. The fourth-order valence-corrected chi connectivity index (χ4v) is 2.34. The van der Waals surface area contributed by atoms with Gasteiger partial charge in [0.15, 0.2) is 11.6 Å². The number of anilines is 1. The van der Waals surface area contributed by atoms with Crippen LogP contribution in [0.2, 0.25) is 0 Å². The molecule has 96 valence electrons. The Morgan fingerprint density at radius 1 is 1.24 bits per heavy atom. The zero-order valence-electron chi connectivity index (χ0n) is 9.33. The average molecular weight is 264 g/mol. The Kier molecular flexibility index (Phi) is 4.83. The van der Waals surface area contributed by atoms with Gasteiger partial charge in [-0.05, 0) is 32.1 Å². The molecule has 0 aromatic heterocycles. The lowest BCUT2D eigenvalue weighted by molar-refractivity contribution is 0.509. The van der Waals surface area contributed by atoms with Gasteiger partial charge in [-0.3, -0.25) is 4.72 Å². The van der Waals surface area contributed by atoms with Crippen LogP contribution in [0.3, 0.4) is 0 Å². The Morgan fingerprint density at radius 2 is 1.94 bits per heavy atom. The van der Waals surface area contributed by atoms with E-state index < -0.39 is 21.7 Å². The predicted octanol–water partition coefficient (Wildman–Crippen LogP) is 1.32. The lowest BCUT2D eigenvalue weighted by Crippen LogP contribution is -2.20. The first kappa shape index (κ1) is 13.9. The van der Waals surface area contributed by atoms with Crippen molar-refractivity contribution < 1.29 is 17.2 Å². The van der Waals surface area contributed by atoms with Gasteiger partial charge in [0.25, 0.3) is 0 Å². The number of sulfonamides is 1. The Labute approximate surface area is 99.1 Å². The maximum Gasteiger partial charge on any atom is 0.232 e. The molecule has 4 nitrogen and oxygen atoms in total. The molecule has 0 saturated carbocycles. The molecule has 1 aromatic carbocycles. The Balaban J connectivity index is 2.66. The highest BCUT2D eigenvalue weighted by molar-refractivity contribution is 7.92. The van der Waals surface area contributed by atoms with Crippen LogP contribution in [0, 0.1) is 11.6 Å². The average Bonchev–Trinajstić information content (AvgIpc) is 2.23. The molecule has 0 amide bonds. The summed E-state index contributed by atoms with van der Waals surface area (Å²) in [4.78, 5) is 0. The number of benzene rings is 1. The molecule has 0 heterocycles. The molecular formula is C10H14F2N2O2S. The van der Waals surface area contributed by atoms with Crippen molar-refractivity contribution in [1.29, 1.82) is 0 Å². The molecule has 7 heteroatoms. The van der Waals surface area contributed by atoms with Gasteiger partial charge >= 0.3 is 0 Å². The zero-order chi connectivity index (χ0) is 12.9. The first-order valence-electron chi connectivity index (χ1n) is 5.05. The van der Waals surface area contributed by atoms with Crippen LogP contribution in [0.4, 0.5) is 14.5 Å². The first-order valence-corrected chi connectivity index (χ1v) is 6.70. The normalized spacial score (nSPS) is 11.5. The molecule has 0 fully saturated rings. The van der Waals surface area contributed by atoms with Crippen LogP contribution in [0.15, 0.2) is 18.2 Å². The second-order valence-corrected chi connectivity index (χ2v) is 5.35. The van der Waals surface area contributed by atoms with Crippen LogP contribution in [0.25, 0.3) is 0 Å². The fourth-order valence-electron chi connectivity index (χ4n) is 1.23. The smallest absolute Gasteiger partial charge is 0.232 e. The second-order valence-electron chi connectivity index (χ2n) is 3.51. The van der Waals surface area contributed by atoms with Crippen LogP contribution >= 0.6 is 0 Å². The Bertz CT molecular complexity index is 477. The van der Waals surface area contributed by atoms with Crippen molar-refractivity contribution in [3.05, 3.63) is 29.8 Å². The van der Waals surface area contributed by atoms with Gasteiger partial charge < -0.3 is 5.32 Å². The minimum atomic E-state index is -3.52. The number of halogens is 2. The molecule has 0 aliphatic rings. The molecule has 0 saturated heterocycles. The first-order chi connectivity index (χ1) is 7.94. The zero-order valence-corrected chi connectivity index (χ0v) is 10.2. The molecule has 17 heavy (non-hydrogen) atoms. The summed E-state index contributed by atoms with van der Waals surface area (Å²) in [5.41, 5.74) is 0.0216. The van der Waals surface area contributed by atoms with Crippen LogP contribution in [0.1, 0.15) is 6.42 Å². The lowest BCUT2D eigenvalue weighted by atomic mass is 10.3. The number of hydrogen-bond donors (Lipinski definition) is 2. The van der Waals surface area contributed by atoms with Crippen molar-refractivity contribution in [2.45, 2.75) is 6.42 Å². The van der Waals surface area contributed by atoms with E-state index in [2.05, 4.69) is 10.0 Å². The number of rotatable bonds is 6. The summed E-state index contributed by atoms with van der Waals surface area (Å²) in [7, 11) is -1.80. The predicted molar refractivity (Wildman–Crippen MR) is 62.3 cm³/mol. The van der Waals surface area contributed by atoms with Gasteiger partial charge in [0.1, 0.15) is 0 Å². The van der Waals surface area contributed by atoms with Gasteiger partial charge in [-0.1, -0.05) is 0 Å². The number of nitrogens with one attached hydrogen (secondary N) is 2. The monoisotopic (exact) mass is 264 g/mol. The van der Waals surface area contributed by atoms with E-state index in [9.17, 15) is 17.2 Å². The summed E-state index contributed by atoms with van der Waals surface area (Å²) in [6.07, 6.45) is 0.440. The highest BCUT2D eigenvalue weighted by Crippen LogP contribution is 2.14. The summed E-state index contributed by atoms with van der Waals surface area (Å²) in [5, 5.41) is 2.82. The third-order valence-corrected chi connectivity index (χ3v) is 3.41. The second kappa shape index (κ2) is 5.92. The molecule has 0 atom stereocenters. The third kappa shape index (κ3) is 4.66. The summed E-state index contributed by atoms with van der Waals surface area (Å²) in [5.74, 6) is -2.17. The van der Waals surface area contributed by atoms with Crippen molar-refractivity contribution in [1.82, 2.24) is 5.32 Å². The van der Waals surface area contributed by atoms with Gasteiger partial charge in [0.2, 0.25) is 10.0 Å². The van der Waals surface area contributed by atoms with Gasteiger partial charge in [-0.25, -0.2) is 17.2 Å². The van der Waals surface area contributed by atoms with Crippen LogP contribution < -0.4 is 10.0 Å². The molecule has 2 N–H and O–H groups in total. The minimum Gasteiger partial charge on any atom is -0.320 e. The van der Waals surface area contributed by atoms with Crippen molar-refractivity contribution in [2.24, 2.45) is 0 Å². The molecule has 0 aliphatic carbocycles. The molecule has 0 radical (unpaired) electrons. The molecule has 0 aliphatic heterocycles. The lowest BCUT2D eigenvalue weighted by Gasteiger charge is -2.08. The fraction of sp³-hybridized carbons (Fsp3) is 0.400. The summed E-state index contributed by atoms with van der Waals surface area (Å²) >= 11 is 0. The Morgan fingerprint density at radius 3 is 2.53 bits per heavy atom. The quantitative estimate of drug-likeness (QED) is 0.762. The Hall–Kier alpha value is -1.21. The molecule has 0 bridgehead atoms. The van der Waals surface area contributed by atoms with E-state index in [0.29, 0.717) is 13.0 Å². The highest BCUT2D eigenvalue weighted by atomic mass is 32.2. The summed E-state index contributed by atoms with van der Waals surface area (Å²) in [6, 6.07) is 2.86. The van der Waals surface area contributed by atoms with Crippen molar-refractivity contribution in [3.63, 3.8) is 0 Å². The summed E-state index contributed by atoms with van der Waals surface area (Å²) < 4.78 is 50.7. The topological polar surface area (TPSA) is 58.2 Å². The largest absolute Gasteiger partial charge is 0.320 e. The molecule has 1 rings (SSSR count). The van der Waals surface area contributed by atoms with Crippen LogP contribution in [-0.4, -0.2) is 27.8 Å². The molecular weight excluding hydrogens is 250 g/mol. The van der Waals surface area contributed by atoms with Crippen molar-refractivity contribution in [3.8, 4) is 0 Å². The maximum atomic E-state index is 12.8. The van der Waals surface area contributed by atoms with Crippen molar-refractivity contribution >= 4 is 15.7 Å². The molecule has 1 aromatic rings. The van der Waals surface area contributed by atoms with E-state index in [1.807, 2.05) is 0 Å². The van der Waals surface area contributed by atoms with Crippen LogP contribution in [-0.2, 0) is 10.0 Å². The van der Waals surface area contributed by atoms with Gasteiger partial charge in [0.05, 0.1) is 11.4 Å². The van der Waals surface area contributed by atoms with Crippen molar-refractivity contribution in [2.75, 3.05) is 24.1 Å². The van der Waals surface area contributed by atoms with E-state index in [1.165, 1.54) is 6.07 Å². The van der Waals surface area contributed by atoms with E-state index in [0.717, 1.165) is 12.1 Å². The standard InChI is InChI=1S/C10H14F2N2O2S/c1-13-5-2-6-17(15,16)14-8-3-4-9(11)10(12)7-8/h3-4,7,13-14H,2,5-6H2,1H3.